The number of hydrogen-bond acceptors (Lipinski definition) is 2. The molecule has 0 aliphatic carbocycles. The Morgan fingerprint density at radius 3 is 3.21 bits per heavy atom. The zero-order chi connectivity index (χ0) is 13.1. The molecule has 3 rings (SSSR count). The Bertz CT molecular complexity index is 534. The first-order chi connectivity index (χ1) is 9.38. The minimum absolute atomic E-state index is 0.453. The largest absolute Gasteiger partial charge is 0.378 e. The van der Waals surface area contributed by atoms with E-state index in [0.717, 1.165) is 26.1 Å². The molecule has 3 nitrogen and oxygen atoms in total. The van der Waals surface area contributed by atoms with Gasteiger partial charge in [-0.15, -0.1) is 0 Å². The first-order valence-corrected chi connectivity index (χ1v) is 7.25. The number of aromatic amines is 1. The van der Waals surface area contributed by atoms with Gasteiger partial charge in [-0.3, -0.25) is 0 Å². The second kappa shape index (κ2) is 5.76. The summed E-state index contributed by atoms with van der Waals surface area (Å²) >= 11 is 0. The molecule has 19 heavy (non-hydrogen) atoms. The average Bonchev–Trinajstić information content (AvgIpc) is 3.07. The Labute approximate surface area is 114 Å². The van der Waals surface area contributed by atoms with Crippen LogP contribution in [0.1, 0.15) is 25.3 Å². The molecule has 2 unspecified atom stereocenters. The molecule has 1 aromatic carbocycles. The van der Waals surface area contributed by atoms with Crippen LogP contribution in [0.3, 0.4) is 0 Å². The van der Waals surface area contributed by atoms with E-state index in [1.807, 2.05) is 6.20 Å². The first-order valence-electron chi connectivity index (χ1n) is 7.25. The Balaban J connectivity index is 1.59. The van der Waals surface area contributed by atoms with Gasteiger partial charge in [-0.2, -0.15) is 0 Å². The van der Waals surface area contributed by atoms with Crippen molar-refractivity contribution < 1.29 is 4.74 Å². The Morgan fingerprint density at radius 1 is 1.37 bits per heavy atom. The number of ether oxygens (including phenoxy) is 1. The summed E-state index contributed by atoms with van der Waals surface area (Å²) in [5, 5.41) is 4.88. The van der Waals surface area contributed by atoms with Crippen LogP contribution < -0.4 is 5.32 Å². The van der Waals surface area contributed by atoms with Gasteiger partial charge in [0.1, 0.15) is 0 Å². The van der Waals surface area contributed by atoms with Gasteiger partial charge in [0.05, 0.1) is 6.10 Å². The molecule has 2 atom stereocenters. The molecule has 0 amide bonds. The minimum atomic E-state index is 0.453. The maximum absolute atomic E-state index is 5.73. The summed E-state index contributed by atoms with van der Waals surface area (Å²) in [6.45, 7) is 5.11. The molecule has 1 aliphatic heterocycles. The van der Waals surface area contributed by atoms with Gasteiger partial charge in [0, 0.05) is 31.4 Å². The van der Waals surface area contributed by atoms with E-state index in [1.165, 1.54) is 22.9 Å². The highest BCUT2D eigenvalue weighted by atomic mass is 16.5. The number of H-pyrrole nitrogens is 1. The third kappa shape index (κ3) is 2.67. The number of hydrogen-bond donors (Lipinski definition) is 2. The highest BCUT2D eigenvalue weighted by Crippen LogP contribution is 2.23. The van der Waals surface area contributed by atoms with Crippen molar-refractivity contribution in [2.75, 3.05) is 13.2 Å². The zero-order valence-corrected chi connectivity index (χ0v) is 11.5. The molecule has 1 aliphatic rings. The molecular weight excluding hydrogens is 236 g/mol. The molecule has 2 heterocycles. The van der Waals surface area contributed by atoms with Crippen molar-refractivity contribution in [2.24, 2.45) is 5.92 Å². The van der Waals surface area contributed by atoms with Crippen LogP contribution in [-0.4, -0.2) is 24.2 Å². The Morgan fingerprint density at radius 2 is 2.32 bits per heavy atom. The summed E-state index contributed by atoms with van der Waals surface area (Å²) in [7, 11) is 0. The van der Waals surface area contributed by atoms with E-state index in [2.05, 4.69) is 41.5 Å². The molecular formula is C16H22N2O. The molecule has 0 bridgehead atoms. The van der Waals surface area contributed by atoms with Crippen LogP contribution in [0, 0.1) is 5.92 Å². The molecule has 0 radical (unpaired) electrons. The summed E-state index contributed by atoms with van der Waals surface area (Å²) in [6.07, 6.45) is 4.77. The smallest absolute Gasteiger partial charge is 0.0613 e. The molecule has 2 N–H and O–H groups in total. The van der Waals surface area contributed by atoms with E-state index in [1.54, 1.807) is 0 Å². The van der Waals surface area contributed by atoms with Crippen molar-refractivity contribution in [1.82, 2.24) is 10.3 Å². The normalized spacial score (nSPS) is 23.2. The van der Waals surface area contributed by atoms with Gasteiger partial charge in [-0.25, -0.2) is 0 Å². The van der Waals surface area contributed by atoms with Crippen LogP contribution in [0.2, 0.25) is 0 Å². The molecule has 3 heteroatoms. The van der Waals surface area contributed by atoms with E-state index < -0.39 is 0 Å². The SMILES string of the molecule is CCC1OCCC1CNCc1cccc2cc[nH]c12. The minimum Gasteiger partial charge on any atom is -0.378 e. The van der Waals surface area contributed by atoms with Gasteiger partial charge in [0.25, 0.3) is 0 Å². The van der Waals surface area contributed by atoms with Crippen molar-refractivity contribution in [3.63, 3.8) is 0 Å². The van der Waals surface area contributed by atoms with Gasteiger partial charge >= 0.3 is 0 Å². The topological polar surface area (TPSA) is 37.0 Å². The fourth-order valence-corrected chi connectivity index (χ4v) is 3.07. The predicted molar refractivity (Wildman–Crippen MR) is 78.1 cm³/mol. The molecule has 0 spiro atoms. The van der Waals surface area contributed by atoms with Crippen LogP contribution in [0.5, 0.6) is 0 Å². The highest BCUT2D eigenvalue weighted by molar-refractivity contribution is 5.82. The van der Waals surface area contributed by atoms with Crippen LogP contribution in [0.25, 0.3) is 10.9 Å². The summed E-state index contributed by atoms with van der Waals surface area (Å²) in [5.74, 6) is 0.674. The van der Waals surface area contributed by atoms with Gasteiger partial charge in [0.15, 0.2) is 0 Å². The highest BCUT2D eigenvalue weighted by Gasteiger charge is 2.25. The van der Waals surface area contributed by atoms with E-state index in [9.17, 15) is 0 Å². The molecule has 1 fully saturated rings. The van der Waals surface area contributed by atoms with E-state index >= 15 is 0 Å². The van der Waals surface area contributed by atoms with Crippen LogP contribution in [0.15, 0.2) is 30.5 Å². The van der Waals surface area contributed by atoms with Crippen molar-refractivity contribution in [3.8, 4) is 0 Å². The number of fused-ring (bicyclic) bond motifs is 1. The lowest BCUT2D eigenvalue weighted by atomic mass is 9.99. The number of aromatic nitrogens is 1. The average molecular weight is 258 g/mol. The Hall–Kier alpha value is -1.32. The number of benzene rings is 1. The lowest BCUT2D eigenvalue weighted by Gasteiger charge is -2.17. The fourth-order valence-electron chi connectivity index (χ4n) is 3.07. The Kier molecular flexibility index (Phi) is 3.85. The zero-order valence-electron chi connectivity index (χ0n) is 11.5. The van der Waals surface area contributed by atoms with Crippen LogP contribution >= 0.6 is 0 Å². The van der Waals surface area contributed by atoms with Crippen molar-refractivity contribution in [1.29, 1.82) is 0 Å². The van der Waals surface area contributed by atoms with E-state index in [4.69, 9.17) is 4.74 Å². The molecule has 1 aromatic heterocycles. The van der Waals surface area contributed by atoms with Gasteiger partial charge in [-0.05, 0) is 35.8 Å². The number of nitrogens with one attached hydrogen (secondary N) is 2. The summed E-state index contributed by atoms with van der Waals surface area (Å²) in [5.41, 5.74) is 2.60. The molecule has 2 aromatic rings. The van der Waals surface area contributed by atoms with Crippen LogP contribution in [0.4, 0.5) is 0 Å². The predicted octanol–water partition coefficient (Wildman–Crippen LogP) is 3.07. The van der Waals surface area contributed by atoms with E-state index in [-0.39, 0.29) is 0 Å². The molecule has 1 saturated heterocycles. The lowest BCUT2D eigenvalue weighted by Crippen LogP contribution is -2.28. The van der Waals surface area contributed by atoms with Crippen molar-refractivity contribution >= 4 is 10.9 Å². The lowest BCUT2D eigenvalue weighted by molar-refractivity contribution is 0.0872. The van der Waals surface area contributed by atoms with E-state index in [0.29, 0.717) is 12.0 Å². The van der Waals surface area contributed by atoms with Gasteiger partial charge < -0.3 is 15.0 Å². The molecule has 102 valence electrons. The quantitative estimate of drug-likeness (QED) is 0.865. The maximum atomic E-state index is 5.73. The molecule has 0 saturated carbocycles. The second-order valence-electron chi connectivity index (χ2n) is 5.36. The summed E-state index contributed by atoms with van der Waals surface area (Å²) < 4.78 is 5.73. The number of para-hydroxylation sites is 1. The van der Waals surface area contributed by atoms with Gasteiger partial charge in [-0.1, -0.05) is 25.1 Å². The third-order valence-electron chi connectivity index (χ3n) is 4.14. The maximum Gasteiger partial charge on any atom is 0.0613 e. The van der Waals surface area contributed by atoms with Gasteiger partial charge in [0.2, 0.25) is 0 Å². The van der Waals surface area contributed by atoms with Crippen LogP contribution in [-0.2, 0) is 11.3 Å². The summed E-state index contributed by atoms with van der Waals surface area (Å²) in [6, 6.07) is 8.58. The monoisotopic (exact) mass is 258 g/mol. The second-order valence-corrected chi connectivity index (χ2v) is 5.36. The van der Waals surface area contributed by atoms with Crippen molar-refractivity contribution in [2.45, 2.75) is 32.4 Å². The fraction of sp³-hybridized carbons (Fsp3) is 0.500. The third-order valence-corrected chi connectivity index (χ3v) is 4.14. The standard InChI is InChI=1S/C16H22N2O/c1-2-15-13(7-9-19-15)10-17-11-14-5-3-4-12-6-8-18-16(12)14/h3-6,8,13,15,17-18H,2,7,9-11H2,1H3. The van der Waals surface area contributed by atoms with Crippen molar-refractivity contribution in [3.05, 3.63) is 36.0 Å². The number of rotatable bonds is 5. The first kappa shape index (κ1) is 12.7. The summed E-state index contributed by atoms with van der Waals surface area (Å²) in [4.78, 5) is 3.32.